The summed E-state index contributed by atoms with van der Waals surface area (Å²) < 4.78 is 41.1. The molecule has 1 N–H and O–H groups in total. The topological polar surface area (TPSA) is 107 Å². The number of imidazole rings is 1. The summed E-state index contributed by atoms with van der Waals surface area (Å²) in [5, 5.41) is 7.12. The van der Waals surface area contributed by atoms with E-state index in [2.05, 4.69) is 23.2 Å². The SMILES string of the molecule is Cc1cn(-c2ccc3n(c2=O)CCN(C[C@@]24C[C@@H]2COc2ccc(C5CC5)cc24)C3=O)cn1.O=C(O)C(F)(F)F. The lowest BCUT2D eigenvalue weighted by atomic mass is 9.88. The largest absolute Gasteiger partial charge is 0.493 e. The van der Waals surface area contributed by atoms with Gasteiger partial charge in [-0.1, -0.05) is 12.1 Å². The molecule has 12 heteroatoms. The first-order valence-corrected chi connectivity index (χ1v) is 13.1. The number of rotatable bonds is 4. The molecule has 2 aliphatic carbocycles. The van der Waals surface area contributed by atoms with E-state index < -0.39 is 12.1 Å². The summed E-state index contributed by atoms with van der Waals surface area (Å²) >= 11 is 0. The standard InChI is InChI=1S/C26H26N4O3.C2HF3O2/c1-16-12-29(15-27-16)21-5-6-22-24(31)28(8-9-30(22)25(21)32)14-26-11-19(26)13-33-23-7-4-18(10-20(23)26)17-2-3-17;3-2(4,5)1(6)7/h4-7,10,12,15,17,19H,2-3,8-9,11,13-14H2,1H3;(H,6,7)/t19-,26+;/m1./s1. The third-order valence-corrected chi connectivity index (χ3v) is 8.22. The minimum absolute atomic E-state index is 0.00904. The highest BCUT2D eigenvalue weighted by molar-refractivity contribution is 5.93. The number of hydrogen-bond acceptors (Lipinski definition) is 5. The van der Waals surface area contributed by atoms with E-state index in [0.29, 0.717) is 42.9 Å². The normalized spacial score (nSPS) is 22.8. The molecule has 0 saturated heterocycles. The summed E-state index contributed by atoms with van der Waals surface area (Å²) in [4.78, 5) is 41.7. The fraction of sp³-hybridized carbons (Fsp3) is 0.429. The number of alkyl halides is 3. The Labute approximate surface area is 226 Å². The highest BCUT2D eigenvalue weighted by atomic mass is 19.4. The van der Waals surface area contributed by atoms with Gasteiger partial charge in [0, 0.05) is 42.7 Å². The maximum absolute atomic E-state index is 13.5. The number of carboxylic acids is 1. The number of hydrogen-bond donors (Lipinski definition) is 1. The van der Waals surface area contributed by atoms with Gasteiger partial charge in [0.2, 0.25) is 0 Å². The van der Waals surface area contributed by atoms with Gasteiger partial charge in [-0.2, -0.15) is 13.2 Å². The molecule has 7 rings (SSSR count). The molecule has 2 saturated carbocycles. The maximum Gasteiger partial charge on any atom is 0.490 e. The summed E-state index contributed by atoms with van der Waals surface area (Å²) in [6.07, 6.45) is 1.98. The lowest BCUT2D eigenvalue weighted by Gasteiger charge is -2.35. The summed E-state index contributed by atoms with van der Waals surface area (Å²) in [7, 11) is 0. The molecule has 9 nitrogen and oxygen atoms in total. The van der Waals surface area contributed by atoms with Crippen molar-refractivity contribution in [2.24, 2.45) is 5.92 Å². The Bertz CT molecular complexity index is 1570. The molecule has 0 unspecified atom stereocenters. The van der Waals surface area contributed by atoms with Crippen molar-refractivity contribution >= 4 is 11.9 Å². The number of aromatic nitrogens is 3. The molecule has 2 fully saturated rings. The summed E-state index contributed by atoms with van der Waals surface area (Å²) in [5.74, 6) is -0.682. The van der Waals surface area contributed by atoms with Crippen molar-refractivity contribution in [3.63, 3.8) is 0 Å². The number of fused-ring (bicyclic) bond motifs is 4. The number of carboxylic acid groups (broad SMARTS) is 1. The monoisotopic (exact) mass is 556 g/mol. The quantitative estimate of drug-likeness (QED) is 0.526. The van der Waals surface area contributed by atoms with Crippen LogP contribution < -0.4 is 10.3 Å². The maximum atomic E-state index is 13.5. The van der Waals surface area contributed by atoms with Crippen LogP contribution >= 0.6 is 0 Å². The van der Waals surface area contributed by atoms with Crippen LogP contribution in [0.4, 0.5) is 13.2 Å². The van der Waals surface area contributed by atoms with Crippen LogP contribution in [-0.2, 0) is 16.8 Å². The van der Waals surface area contributed by atoms with E-state index in [1.807, 2.05) is 18.0 Å². The molecule has 40 heavy (non-hydrogen) atoms. The summed E-state index contributed by atoms with van der Waals surface area (Å²) in [6, 6.07) is 10.2. The lowest BCUT2D eigenvalue weighted by Crippen LogP contribution is -2.48. The van der Waals surface area contributed by atoms with Gasteiger partial charge < -0.3 is 23.9 Å². The van der Waals surface area contributed by atoms with E-state index in [4.69, 9.17) is 14.6 Å². The smallest absolute Gasteiger partial charge is 0.490 e. The van der Waals surface area contributed by atoms with Crippen LogP contribution in [0.25, 0.3) is 5.69 Å². The molecule has 4 aliphatic rings. The molecule has 3 aromatic rings. The highest BCUT2D eigenvalue weighted by Crippen LogP contribution is 2.60. The number of nitrogens with zero attached hydrogens (tertiary/aromatic N) is 4. The number of halogens is 3. The fourth-order valence-corrected chi connectivity index (χ4v) is 5.83. The van der Waals surface area contributed by atoms with Crippen molar-refractivity contribution in [2.75, 3.05) is 19.7 Å². The predicted octanol–water partition coefficient (Wildman–Crippen LogP) is 3.66. The first-order chi connectivity index (χ1) is 19.0. The minimum Gasteiger partial charge on any atom is -0.493 e. The number of ether oxygens (including phenoxy) is 1. The third-order valence-electron chi connectivity index (χ3n) is 8.22. The number of carbonyl (C=O) groups is 2. The lowest BCUT2D eigenvalue weighted by molar-refractivity contribution is -0.192. The molecule has 210 valence electrons. The molecule has 0 radical (unpaired) electrons. The number of aliphatic carboxylic acids is 1. The second-order valence-electron chi connectivity index (χ2n) is 10.9. The first kappa shape index (κ1) is 26.1. The molecule has 1 amide bonds. The van der Waals surface area contributed by atoms with Gasteiger partial charge in [-0.15, -0.1) is 0 Å². The van der Waals surface area contributed by atoms with Crippen molar-refractivity contribution in [2.45, 2.75) is 50.2 Å². The van der Waals surface area contributed by atoms with Gasteiger partial charge in [0.15, 0.2) is 0 Å². The van der Waals surface area contributed by atoms with Crippen LogP contribution in [0, 0.1) is 12.8 Å². The van der Waals surface area contributed by atoms with Gasteiger partial charge in [0.25, 0.3) is 11.5 Å². The number of carbonyl (C=O) groups excluding carboxylic acids is 1. The van der Waals surface area contributed by atoms with Gasteiger partial charge in [0.1, 0.15) is 17.1 Å². The van der Waals surface area contributed by atoms with Crippen LogP contribution in [0.2, 0.25) is 0 Å². The molecule has 0 spiro atoms. The van der Waals surface area contributed by atoms with Crippen LogP contribution in [-0.4, -0.2) is 61.9 Å². The van der Waals surface area contributed by atoms with Crippen LogP contribution in [0.1, 0.15) is 52.5 Å². The molecule has 2 atom stereocenters. The van der Waals surface area contributed by atoms with Crippen molar-refractivity contribution in [1.29, 1.82) is 0 Å². The Morgan fingerprint density at radius 1 is 1.18 bits per heavy atom. The number of amides is 1. The van der Waals surface area contributed by atoms with Crippen molar-refractivity contribution in [1.82, 2.24) is 19.0 Å². The zero-order chi connectivity index (χ0) is 28.4. The zero-order valence-electron chi connectivity index (χ0n) is 21.6. The average Bonchev–Trinajstić information content (AvgIpc) is 3.83. The van der Waals surface area contributed by atoms with Crippen molar-refractivity contribution in [3.8, 4) is 11.4 Å². The Morgan fingerprint density at radius 2 is 1.93 bits per heavy atom. The first-order valence-electron chi connectivity index (χ1n) is 13.1. The second kappa shape index (κ2) is 9.24. The molecule has 4 heterocycles. The predicted molar refractivity (Wildman–Crippen MR) is 136 cm³/mol. The Morgan fingerprint density at radius 3 is 2.58 bits per heavy atom. The molecule has 1 aromatic carbocycles. The van der Waals surface area contributed by atoms with Crippen LogP contribution in [0.15, 0.2) is 47.7 Å². The van der Waals surface area contributed by atoms with Gasteiger partial charge in [-0.3, -0.25) is 9.59 Å². The van der Waals surface area contributed by atoms with Crippen LogP contribution in [0.3, 0.4) is 0 Å². The number of aryl methyl sites for hydroxylation is 1. The van der Waals surface area contributed by atoms with E-state index in [0.717, 1.165) is 24.5 Å². The van der Waals surface area contributed by atoms with Gasteiger partial charge in [0.05, 0.1) is 18.6 Å². The molecule has 2 aromatic heterocycles. The van der Waals surface area contributed by atoms with Crippen LogP contribution in [0.5, 0.6) is 5.75 Å². The average molecular weight is 557 g/mol. The van der Waals surface area contributed by atoms with E-state index in [9.17, 15) is 22.8 Å². The number of pyridine rings is 1. The van der Waals surface area contributed by atoms with Gasteiger partial charge >= 0.3 is 12.1 Å². The third kappa shape index (κ3) is 4.54. The molecular formula is C28H27F3N4O5. The Kier molecular flexibility index (Phi) is 6.04. The zero-order valence-corrected chi connectivity index (χ0v) is 21.6. The fourth-order valence-electron chi connectivity index (χ4n) is 5.83. The van der Waals surface area contributed by atoms with E-state index in [1.165, 1.54) is 24.0 Å². The van der Waals surface area contributed by atoms with Crippen molar-refractivity contribution in [3.05, 3.63) is 75.7 Å². The van der Waals surface area contributed by atoms with E-state index >= 15 is 0 Å². The Hall–Kier alpha value is -4.09. The minimum atomic E-state index is -5.08. The second-order valence-corrected chi connectivity index (χ2v) is 10.9. The summed E-state index contributed by atoms with van der Waals surface area (Å²) in [6.45, 7) is 4.36. The van der Waals surface area contributed by atoms with E-state index in [-0.39, 0.29) is 16.9 Å². The van der Waals surface area contributed by atoms with Gasteiger partial charge in [-0.05, 0) is 55.9 Å². The summed E-state index contributed by atoms with van der Waals surface area (Å²) in [5.41, 5.74) is 4.38. The van der Waals surface area contributed by atoms with Gasteiger partial charge in [-0.25, -0.2) is 9.78 Å². The van der Waals surface area contributed by atoms with E-state index in [1.54, 1.807) is 27.6 Å². The molecule has 2 aliphatic heterocycles. The molecule has 0 bridgehead atoms. The highest BCUT2D eigenvalue weighted by Gasteiger charge is 2.60. The Balaban J connectivity index is 0.000000370. The van der Waals surface area contributed by atoms with Crippen molar-refractivity contribution < 1.29 is 32.6 Å². The molecular weight excluding hydrogens is 529 g/mol. The number of benzene rings is 1.